The fourth-order valence-electron chi connectivity index (χ4n) is 4.76. The van der Waals surface area contributed by atoms with Crippen LogP contribution in [0.1, 0.15) is 29.7 Å². The quantitative estimate of drug-likeness (QED) is 0.310. The van der Waals surface area contributed by atoms with Gasteiger partial charge in [-0.3, -0.25) is 14.5 Å². The van der Waals surface area contributed by atoms with Crippen LogP contribution >= 0.6 is 0 Å². The lowest BCUT2D eigenvalue weighted by Crippen LogP contribution is -2.29. The van der Waals surface area contributed by atoms with Gasteiger partial charge in [-0.25, -0.2) is 0 Å². The van der Waals surface area contributed by atoms with Crippen LogP contribution in [0.3, 0.4) is 0 Å². The van der Waals surface area contributed by atoms with Gasteiger partial charge in [0.05, 0.1) is 24.8 Å². The molecule has 184 valence electrons. The highest BCUT2D eigenvalue weighted by Gasteiger charge is 2.47. The molecule has 0 spiro atoms. The van der Waals surface area contributed by atoms with Gasteiger partial charge in [-0.2, -0.15) is 0 Å². The van der Waals surface area contributed by atoms with Crippen molar-refractivity contribution in [1.29, 1.82) is 0 Å². The van der Waals surface area contributed by atoms with Gasteiger partial charge in [0.1, 0.15) is 17.3 Å². The molecule has 0 bridgehead atoms. The van der Waals surface area contributed by atoms with Crippen LogP contribution in [0.2, 0.25) is 0 Å². The molecule has 5 rings (SSSR count). The molecule has 1 amide bonds. The molecule has 1 fully saturated rings. The Bertz CT molecular complexity index is 1360. The Morgan fingerprint density at radius 3 is 2.58 bits per heavy atom. The number of hydrogen-bond donors (Lipinski definition) is 1. The van der Waals surface area contributed by atoms with Gasteiger partial charge in [0, 0.05) is 37.5 Å². The Hall–Kier alpha value is -4.26. The molecule has 3 aromatic rings. The molecule has 3 aromatic carbocycles. The summed E-state index contributed by atoms with van der Waals surface area (Å²) >= 11 is 0. The van der Waals surface area contributed by atoms with Crippen LogP contribution in [0.5, 0.6) is 11.5 Å². The first-order valence-electron chi connectivity index (χ1n) is 12.0. The summed E-state index contributed by atoms with van der Waals surface area (Å²) in [7, 11) is 3.87. The lowest BCUT2D eigenvalue weighted by molar-refractivity contribution is -0.132. The zero-order chi connectivity index (χ0) is 25.4. The van der Waals surface area contributed by atoms with Gasteiger partial charge >= 0.3 is 0 Å². The predicted molar refractivity (Wildman–Crippen MR) is 139 cm³/mol. The summed E-state index contributed by atoms with van der Waals surface area (Å²) in [6, 6.07) is 19.2. The Morgan fingerprint density at radius 1 is 1.08 bits per heavy atom. The van der Waals surface area contributed by atoms with Gasteiger partial charge in [-0.15, -0.1) is 0 Å². The minimum Gasteiger partial charge on any atom is -0.507 e. The van der Waals surface area contributed by atoms with E-state index in [-0.39, 0.29) is 11.3 Å². The van der Waals surface area contributed by atoms with Crippen molar-refractivity contribution in [2.24, 2.45) is 0 Å². The third-order valence-electron chi connectivity index (χ3n) is 6.54. The van der Waals surface area contributed by atoms with E-state index in [9.17, 15) is 14.7 Å². The number of rotatable bonds is 6. The Balaban J connectivity index is 1.67. The molecular formula is C29H28N2O5. The Labute approximate surface area is 210 Å². The van der Waals surface area contributed by atoms with Crippen molar-refractivity contribution >= 4 is 28.8 Å². The zero-order valence-corrected chi connectivity index (χ0v) is 20.5. The lowest BCUT2D eigenvalue weighted by atomic mass is 9.94. The normalized spacial score (nSPS) is 18.2. The molecule has 7 heteroatoms. The molecule has 2 aliphatic rings. The molecule has 1 N–H and O–H groups in total. The number of Topliss-reactive ketones (excluding diaryl/α,β-unsaturated/α-hetero) is 1. The van der Waals surface area contributed by atoms with E-state index in [1.165, 1.54) is 4.90 Å². The van der Waals surface area contributed by atoms with E-state index in [1.54, 1.807) is 12.1 Å². The van der Waals surface area contributed by atoms with Crippen molar-refractivity contribution in [3.8, 4) is 11.5 Å². The number of hydrogen-bond acceptors (Lipinski definition) is 6. The molecule has 36 heavy (non-hydrogen) atoms. The van der Waals surface area contributed by atoms with E-state index in [1.807, 2.05) is 80.5 Å². The van der Waals surface area contributed by atoms with Gasteiger partial charge in [-0.1, -0.05) is 12.1 Å². The largest absolute Gasteiger partial charge is 0.507 e. The fourth-order valence-corrected chi connectivity index (χ4v) is 4.76. The molecule has 1 atom stereocenters. The van der Waals surface area contributed by atoms with Gasteiger partial charge in [-0.05, 0) is 72.6 Å². The molecule has 1 unspecified atom stereocenters. The molecule has 0 radical (unpaired) electrons. The first-order chi connectivity index (χ1) is 17.4. The van der Waals surface area contributed by atoms with E-state index in [2.05, 4.69) is 0 Å². The third kappa shape index (κ3) is 4.06. The Kier molecular flexibility index (Phi) is 6.14. The van der Waals surface area contributed by atoms with Crippen LogP contribution in [-0.4, -0.2) is 44.1 Å². The van der Waals surface area contributed by atoms with Crippen molar-refractivity contribution in [2.75, 3.05) is 37.1 Å². The van der Waals surface area contributed by atoms with Crippen molar-refractivity contribution < 1.29 is 24.2 Å². The van der Waals surface area contributed by atoms with Gasteiger partial charge in [0.2, 0.25) is 0 Å². The average molecular weight is 485 g/mol. The summed E-state index contributed by atoms with van der Waals surface area (Å²) in [6.45, 7) is 2.95. The number of benzene rings is 3. The average Bonchev–Trinajstić information content (AvgIpc) is 3.46. The van der Waals surface area contributed by atoms with E-state index in [4.69, 9.17) is 9.47 Å². The Morgan fingerprint density at radius 2 is 1.86 bits per heavy atom. The smallest absolute Gasteiger partial charge is 0.300 e. The number of ketones is 1. The number of fused-ring (bicyclic) bond motifs is 1. The van der Waals surface area contributed by atoms with E-state index >= 15 is 0 Å². The van der Waals surface area contributed by atoms with Crippen LogP contribution < -0.4 is 19.3 Å². The number of amides is 1. The van der Waals surface area contributed by atoms with Crippen LogP contribution in [0.15, 0.2) is 72.3 Å². The highest BCUT2D eigenvalue weighted by Crippen LogP contribution is 2.43. The maximum Gasteiger partial charge on any atom is 0.300 e. The van der Waals surface area contributed by atoms with Crippen LogP contribution in [0.25, 0.3) is 5.76 Å². The molecule has 0 aromatic heterocycles. The first kappa shape index (κ1) is 23.5. The zero-order valence-electron chi connectivity index (χ0n) is 20.5. The predicted octanol–water partition coefficient (Wildman–Crippen LogP) is 4.71. The second kappa shape index (κ2) is 9.41. The number of ether oxygens (including phenoxy) is 2. The summed E-state index contributed by atoms with van der Waals surface area (Å²) in [6.07, 6.45) is 0.725. The maximum absolute atomic E-state index is 13.4. The van der Waals surface area contributed by atoms with E-state index in [0.29, 0.717) is 35.8 Å². The van der Waals surface area contributed by atoms with E-state index in [0.717, 1.165) is 23.4 Å². The molecule has 0 saturated carbocycles. The molecule has 1 saturated heterocycles. The summed E-state index contributed by atoms with van der Waals surface area (Å²) in [5.41, 5.74) is 3.68. The standard InChI is InChI=1S/C29H28N2O5/c1-4-35-23-7-5-6-19(17-23)26-25(27(32)20-8-13-24-18(16-20)14-15-36-24)28(33)29(34)31(26)22-11-9-21(10-12-22)30(2)3/h5-13,16-17,26,32H,4,14-15H2,1-3H3/b27-25-. The number of anilines is 2. The summed E-state index contributed by atoms with van der Waals surface area (Å²) in [5, 5.41) is 11.4. The molecular weight excluding hydrogens is 456 g/mol. The van der Waals surface area contributed by atoms with Crippen molar-refractivity contribution in [3.05, 3.63) is 89.0 Å². The lowest BCUT2D eigenvalue weighted by Gasteiger charge is -2.26. The number of aliphatic hydroxyl groups excluding tert-OH is 1. The minimum atomic E-state index is -0.819. The van der Waals surface area contributed by atoms with Crippen LogP contribution in [0.4, 0.5) is 11.4 Å². The molecule has 2 aliphatic heterocycles. The third-order valence-corrected chi connectivity index (χ3v) is 6.54. The summed E-state index contributed by atoms with van der Waals surface area (Å²) in [5.74, 6) is -0.229. The first-order valence-corrected chi connectivity index (χ1v) is 12.0. The molecule has 2 heterocycles. The van der Waals surface area contributed by atoms with Crippen molar-refractivity contribution in [3.63, 3.8) is 0 Å². The SMILES string of the molecule is CCOc1cccc(C2/C(=C(/O)c3ccc4c(c3)CCO4)C(=O)C(=O)N2c2ccc(N(C)C)cc2)c1. The summed E-state index contributed by atoms with van der Waals surface area (Å²) in [4.78, 5) is 30.3. The number of carbonyl (C=O) groups is 2. The monoisotopic (exact) mass is 484 g/mol. The second-order valence-electron chi connectivity index (χ2n) is 9.01. The topological polar surface area (TPSA) is 79.3 Å². The highest BCUT2D eigenvalue weighted by atomic mass is 16.5. The van der Waals surface area contributed by atoms with E-state index < -0.39 is 17.7 Å². The van der Waals surface area contributed by atoms with Crippen LogP contribution in [-0.2, 0) is 16.0 Å². The van der Waals surface area contributed by atoms with Crippen LogP contribution in [0, 0.1) is 0 Å². The van der Waals surface area contributed by atoms with Gasteiger partial charge < -0.3 is 19.5 Å². The van der Waals surface area contributed by atoms with Gasteiger partial charge in [0.15, 0.2) is 0 Å². The summed E-state index contributed by atoms with van der Waals surface area (Å²) < 4.78 is 11.3. The maximum atomic E-state index is 13.4. The fraction of sp³-hybridized carbons (Fsp3) is 0.241. The van der Waals surface area contributed by atoms with Crippen molar-refractivity contribution in [2.45, 2.75) is 19.4 Å². The van der Waals surface area contributed by atoms with Gasteiger partial charge in [0.25, 0.3) is 11.7 Å². The number of nitrogens with zero attached hydrogens (tertiary/aromatic N) is 2. The number of aliphatic hydroxyl groups is 1. The highest BCUT2D eigenvalue weighted by molar-refractivity contribution is 6.51. The number of carbonyl (C=O) groups excluding carboxylic acids is 2. The second-order valence-corrected chi connectivity index (χ2v) is 9.01. The minimum absolute atomic E-state index is 0.0456. The molecule has 0 aliphatic carbocycles. The van der Waals surface area contributed by atoms with Crippen molar-refractivity contribution in [1.82, 2.24) is 0 Å². The molecule has 7 nitrogen and oxygen atoms in total.